The van der Waals surface area contributed by atoms with Crippen molar-refractivity contribution in [2.24, 2.45) is 0 Å². The molecule has 0 bridgehead atoms. The van der Waals surface area contributed by atoms with Crippen LogP contribution in [0.5, 0.6) is 17.2 Å². The number of hydrogen-bond acceptors (Lipinski definition) is 11. The lowest BCUT2D eigenvalue weighted by atomic mass is 10.1. The molecule has 2 amide bonds. The van der Waals surface area contributed by atoms with Crippen LogP contribution in [0.15, 0.2) is 41.3 Å². The van der Waals surface area contributed by atoms with Gasteiger partial charge in [-0.25, -0.2) is 9.59 Å². The molecule has 44 heavy (non-hydrogen) atoms. The minimum atomic E-state index is -0.673. The molecule has 234 valence electrons. The summed E-state index contributed by atoms with van der Waals surface area (Å²) >= 11 is 2.42. The van der Waals surface area contributed by atoms with E-state index in [2.05, 4.69) is 5.32 Å². The fourth-order valence-corrected chi connectivity index (χ4v) is 7.14. The van der Waals surface area contributed by atoms with Crippen molar-refractivity contribution in [1.29, 1.82) is 0 Å². The Kier molecular flexibility index (Phi) is 10.8. The highest BCUT2D eigenvalue weighted by molar-refractivity contribution is 7.99. The van der Waals surface area contributed by atoms with Crippen molar-refractivity contribution in [3.8, 4) is 17.2 Å². The number of thiophene rings is 1. The van der Waals surface area contributed by atoms with Gasteiger partial charge in [0.05, 0.1) is 45.8 Å². The number of esters is 2. The number of anilines is 2. The second kappa shape index (κ2) is 14.5. The Bertz CT molecular complexity index is 1540. The average Bonchev–Trinajstić information content (AvgIpc) is 3.26. The van der Waals surface area contributed by atoms with E-state index in [-0.39, 0.29) is 52.8 Å². The lowest BCUT2D eigenvalue weighted by molar-refractivity contribution is -0.121. The van der Waals surface area contributed by atoms with Gasteiger partial charge < -0.3 is 33.9 Å². The number of carbonyl (C=O) groups excluding carboxylic acids is 4. The first-order valence-electron chi connectivity index (χ1n) is 13.8. The molecule has 1 atom stereocenters. The third-order valence-electron chi connectivity index (χ3n) is 6.79. The van der Waals surface area contributed by atoms with E-state index in [4.69, 9.17) is 23.7 Å². The number of hydrogen-bond donors (Lipinski definition) is 1. The molecular formula is C31H34N2O9S2. The van der Waals surface area contributed by atoms with E-state index in [9.17, 15) is 19.2 Å². The minimum Gasteiger partial charge on any atom is -0.493 e. The summed E-state index contributed by atoms with van der Waals surface area (Å²) in [5.41, 5.74) is 1.79. The van der Waals surface area contributed by atoms with Gasteiger partial charge in [-0.1, -0.05) is 12.1 Å². The van der Waals surface area contributed by atoms with Crippen LogP contribution >= 0.6 is 23.1 Å². The van der Waals surface area contributed by atoms with E-state index in [1.807, 2.05) is 24.3 Å². The van der Waals surface area contributed by atoms with Crippen LogP contribution in [0.2, 0.25) is 0 Å². The second-order valence-electron chi connectivity index (χ2n) is 9.47. The third-order valence-corrected chi connectivity index (χ3v) is 9.30. The molecule has 0 spiro atoms. The predicted molar refractivity (Wildman–Crippen MR) is 168 cm³/mol. The molecule has 1 aliphatic rings. The normalized spacial score (nSPS) is 14.3. The van der Waals surface area contributed by atoms with E-state index in [1.165, 1.54) is 38.0 Å². The highest BCUT2D eigenvalue weighted by atomic mass is 32.2. The van der Waals surface area contributed by atoms with Crippen LogP contribution in [0.1, 0.15) is 56.7 Å². The van der Waals surface area contributed by atoms with Gasteiger partial charge in [0.2, 0.25) is 17.6 Å². The fourth-order valence-electron chi connectivity index (χ4n) is 4.78. The van der Waals surface area contributed by atoms with Crippen LogP contribution in [-0.2, 0) is 19.1 Å². The van der Waals surface area contributed by atoms with Gasteiger partial charge in [0.15, 0.2) is 11.5 Å². The molecule has 0 saturated carbocycles. The molecule has 0 aliphatic carbocycles. The van der Waals surface area contributed by atoms with E-state index in [0.717, 1.165) is 21.8 Å². The van der Waals surface area contributed by atoms with Crippen LogP contribution < -0.4 is 24.4 Å². The smallest absolute Gasteiger partial charge is 0.348 e. The van der Waals surface area contributed by atoms with Crippen LogP contribution in [0, 0.1) is 6.92 Å². The van der Waals surface area contributed by atoms with E-state index >= 15 is 0 Å². The SMILES string of the molecule is CCOC(=O)c1sc(NC(=O)CN2C(=O)CC(c3cc(OC)c(OC)c(OC)c3)Sc3ccccc32)c(C(=O)OCC)c1C. The largest absolute Gasteiger partial charge is 0.493 e. The molecule has 2 heterocycles. The maximum atomic E-state index is 13.8. The zero-order chi connectivity index (χ0) is 32.0. The molecule has 0 fully saturated rings. The van der Waals surface area contributed by atoms with E-state index in [1.54, 1.807) is 32.9 Å². The van der Waals surface area contributed by atoms with Crippen molar-refractivity contribution in [2.45, 2.75) is 37.3 Å². The molecule has 1 aliphatic heterocycles. The van der Waals surface area contributed by atoms with Crippen LogP contribution in [0.25, 0.3) is 0 Å². The number of methoxy groups -OCH3 is 3. The Labute approximate surface area is 263 Å². The Morgan fingerprint density at radius 1 is 0.955 bits per heavy atom. The summed E-state index contributed by atoms with van der Waals surface area (Å²) in [6.07, 6.45) is 0.0739. The highest BCUT2D eigenvalue weighted by Gasteiger charge is 2.33. The number of para-hydroxylation sites is 1. The molecule has 0 saturated heterocycles. The number of thioether (sulfide) groups is 1. The molecule has 3 aromatic rings. The number of ether oxygens (including phenoxy) is 5. The standard InChI is InChI=1S/C31H34N2O9S2/c1-7-41-30(36)26-17(3)28(31(37)42-8-2)44-29(26)32-24(34)16-33-19-11-9-10-12-22(19)43-23(15-25(33)35)18-13-20(38-4)27(40-6)21(14-18)39-5/h9-14,23H,7-8,15-16H2,1-6H3,(H,32,34). The molecule has 1 N–H and O–H groups in total. The number of nitrogens with one attached hydrogen (secondary N) is 1. The van der Waals surface area contributed by atoms with E-state index < -0.39 is 17.8 Å². The topological polar surface area (TPSA) is 130 Å². The summed E-state index contributed by atoms with van der Waals surface area (Å²) in [7, 11) is 4.58. The summed E-state index contributed by atoms with van der Waals surface area (Å²) in [5, 5.41) is 2.56. The van der Waals surface area contributed by atoms with Gasteiger partial charge in [-0.3, -0.25) is 9.59 Å². The van der Waals surface area contributed by atoms with Gasteiger partial charge in [0.25, 0.3) is 0 Å². The molecule has 13 heteroatoms. The average molecular weight is 643 g/mol. The van der Waals surface area contributed by atoms with Gasteiger partial charge in [-0.2, -0.15) is 0 Å². The fraction of sp³-hybridized carbons (Fsp3) is 0.355. The van der Waals surface area contributed by atoms with Crippen LogP contribution in [0.3, 0.4) is 0 Å². The lowest BCUT2D eigenvalue weighted by Gasteiger charge is -2.22. The summed E-state index contributed by atoms with van der Waals surface area (Å²) in [6.45, 7) is 4.87. The molecule has 0 radical (unpaired) electrons. The maximum absolute atomic E-state index is 13.8. The van der Waals surface area contributed by atoms with Gasteiger partial charge in [0.1, 0.15) is 16.4 Å². The molecule has 11 nitrogen and oxygen atoms in total. The van der Waals surface area contributed by atoms with Crippen molar-refractivity contribution in [3.63, 3.8) is 0 Å². The summed E-state index contributed by atoms with van der Waals surface area (Å²) < 4.78 is 26.8. The highest BCUT2D eigenvalue weighted by Crippen LogP contribution is 2.49. The molecule has 1 unspecified atom stereocenters. The number of benzene rings is 2. The van der Waals surface area contributed by atoms with Crippen LogP contribution in [-0.4, -0.2) is 64.8 Å². The number of carbonyl (C=O) groups is 4. The van der Waals surface area contributed by atoms with Crippen LogP contribution in [0.4, 0.5) is 10.7 Å². The van der Waals surface area contributed by atoms with Crippen molar-refractivity contribution in [2.75, 3.05) is 51.3 Å². The summed E-state index contributed by atoms with van der Waals surface area (Å²) in [5.74, 6) is -0.730. The molecular weight excluding hydrogens is 608 g/mol. The van der Waals surface area contributed by atoms with Crippen molar-refractivity contribution >= 4 is 57.5 Å². The van der Waals surface area contributed by atoms with Gasteiger partial charge in [-0.05, 0) is 56.2 Å². The third kappa shape index (κ3) is 6.78. The molecule has 4 rings (SSSR count). The summed E-state index contributed by atoms with van der Waals surface area (Å²) in [4.78, 5) is 55.0. The Morgan fingerprint density at radius 3 is 2.20 bits per heavy atom. The zero-order valence-electron chi connectivity index (χ0n) is 25.3. The zero-order valence-corrected chi connectivity index (χ0v) is 26.9. The van der Waals surface area contributed by atoms with Gasteiger partial charge in [0, 0.05) is 16.6 Å². The predicted octanol–water partition coefficient (Wildman–Crippen LogP) is 5.64. The quantitative estimate of drug-likeness (QED) is 0.262. The lowest BCUT2D eigenvalue weighted by Crippen LogP contribution is -2.38. The first-order valence-corrected chi connectivity index (χ1v) is 15.5. The second-order valence-corrected chi connectivity index (χ2v) is 11.7. The summed E-state index contributed by atoms with van der Waals surface area (Å²) in [6, 6.07) is 11.0. The molecule has 1 aromatic heterocycles. The van der Waals surface area contributed by atoms with Crippen molar-refractivity contribution in [3.05, 3.63) is 58.0 Å². The van der Waals surface area contributed by atoms with Crippen molar-refractivity contribution < 1.29 is 42.9 Å². The first kappa shape index (κ1) is 32.7. The number of rotatable bonds is 11. The van der Waals surface area contributed by atoms with Crippen molar-refractivity contribution in [1.82, 2.24) is 0 Å². The van der Waals surface area contributed by atoms with Gasteiger partial charge in [-0.15, -0.1) is 23.1 Å². The maximum Gasteiger partial charge on any atom is 0.348 e. The monoisotopic (exact) mass is 642 g/mol. The van der Waals surface area contributed by atoms with E-state index in [0.29, 0.717) is 28.5 Å². The van der Waals surface area contributed by atoms with Gasteiger partial charge >= 0.3 is 11.9 Å². The first-order chi connectivity index (χ1) is 21.2. The Balaban J connectivity index is 1.64. The number of nitrogens with zero attached hydrogens (tertiary/aromatic N) is 1. The number of amides is 2. The minimum absolute atomic E-state index is 0.0739. The number of fused-ring (bicyclic) bond motifs is 1. The Hall–Kier alpha value is -4.23. The Morgan fingerprint density at radius 2 is 1.59 bits per heavy atom. The molecule has 2 aromatic carbocycles.